The smallest absolute Gasteiger partial charge is 0.293 e. The average Bonchev–Trinajstić information content (AvgIpc) is 2.70. The molecule has 1 aromatic heterocycles. The van der Waals surface area contributed by atoms with Crippen molar-refractivity contribution in [1.29, 1.82) is 0 Å². The molecule has 100 valence electrons. The third kappa shape index (κ3) is 2.55. The summed E-state index contributed by atoms with van der Waals surface area (Å²) in [6.45, 7) is 4.52. The number of hydrazine groups is 1. The highest BCUT2D eigenvalue weighted by atomic mass is 16.6. The lowest BCUT2D eigenvalue weighted by atomic mass is 10.1. The zero-order chi connectivity index (χ0) is 14.0. The highest BCUT2D eigenvalue weighted by Crippen LogP contribution is 2.25. The number of anilines is 1. The molecule has 2 rings (SSSR count). The van der Waals surface area contributed by atoms with Crippen LogP contribution in [0.25, 0.3) is 0 Å². The molecule has 0 saturated carbocycles. The summed E-state index contributed by atoms with van der Waals surface area (Å²) in [5.74, 6) is 5.31. The highest BCUT2D eigenvalue weighted by molar-refractivity contribution is 5.62. The summed E-state index contributed by atoms with van der Waals surface area (Å²) in [6.07, 6.45) is 1.75. The van der Waals surface area contributed by atoms with Crippen molar-refractivity contribution in [3.63, 3.8) is 0 Å². The van der Waals surface area contributed by atoms with Crippen molar-refractivity contribution in [2.45, 2.75) is 20.4 Å². The fourth-order valence-corrected chi connectivity index (χ4v) is 1.86. The van der Waals surface area contributed by atoms with Gasteiger partial charge < -0.3 is 9.99 Å². The first kappa shape index (κ1) is 13.0. The molecule has 0 spiro atoms. The van der Waals surface area contributed by atoms with Crippen molar-refractivity contribution >= 4 is 11.4 Å². The number of nitro groups is 1. The first-order chi connectivity index (χ1) is 9.02. The molecular weight excluding hydrogens is 246 g/mol. The minimum Gasteiger partial charge on any atom is -0.330 e. The lowest BCUT2D eigenvalue weighted by Gasteiger charge is -2.08. The van der Waals surface area contributed by atoms with E-state index in [9.17, 15) is 10.1 Å². The van der Waals surface area contributed by atoms with Gasteiger partial charge in [0.05, 0.1) is 16.9 Å². The number of nitrogens with zero attached hydrogens (tertiary/aromatic N) is 3. The van der Waals surface area contributed by atoms with E-state index in [1.807, 2.05) is 18.4 Å². The van der Waals surface area contributed by atoms with E-state index in [0.717, 1.165) is 17.0 Å². The number of rotatable bonds is 4. The Balaban J connectivity index is 2.31. The number of nitrogen functional groups attached to an aromatic ring is 1. The standard InChI is InChI=1S/C12H15N5O2/c1-8-9(2)16(7-14-8)6-10-3-4-12(17(18)19)11(5-10)15-13/h3-5,7,15H,6,13H2,1-2H3. The van der Waals surface area contributed by atoms with Gasteiger partial charge in [0, 0.05) is 18.3 Å². The number of aromatic nitrogens is 2. The predicted molar refractivity (Wildman–Crippen MR) is 71.7 cm³/mol. The number of benzene rings is 1. The van der Waals surface area contributed by atoms with Crippen LogP contribution in [0.4, 0.5) is 11.4 Å². The van der Waals surface area contributed by atoms with Gasteiger partial charge in [-0.25, -0.2) is 4.98 Å². The first-order valence-electron chi connectivity index (χ1n) is 5.75. The molecular formula is C12H15N5O2. The SMILES string of the molecule is Cc1ncn(Cc2ccc([N+](=O)[O-])c(NN)c2)c1C. The van der Waals surface area contributed by atoms with Gasteiger partial charge in [-0.15, -0.1) is 0 Å². The number of hydrogen-bond donors (Lipinski definition) is 2. The van der Waals surface area contributed by atoms with E-state index in [4.69, 9.17) is 5.84 Å². The third-order valence-electron chi connectivity index (χ3n) is 3.11. The van der Waals surface area contributed by atoms with E-state index in [-0.39, 0.29) is 5.69 Å². The van der Waals surface area contributed by atoms with Crippen LogP contribution in [0, 0.1) is 24.0 Å². The molecule has 3 N–H and O–H groups in total. The van der Waals surface area contributed by atoms with Gasteiger partial charge in [-0.05, 0) is 25.5 Å². The molecule has 7 heteroatoms. The molecule has 0 unspecified atom stereocenters. The van der Waals surface area contributed by atoms with Crippen LogP contribution in [0.5, 0.6) is 0 Å². The van der Waals surface area contributed by atoms with Crippen LogP contribution in [0.2, 0.25) is 0 Å². The van der Waals surface area contributed by atoms with Crippen molar-refractivity contribution in [3.8, 4) is 0 Å². The molecule has 0 amide bonds. The molecule has 0 aliphatic rings. The van der Waals surface area contributed by atoms with Crippen LogP contribution in [-0.2, 0) is 6.54 Å². The van der Waals surface area contributed by atoms with Gasteiger partial charge in [0.1, 0.15) is 5.69 Å². The van der Waals surface area contributed by atoms with Crippen molar-refractivity contribution < 1.29 is 4.92 Å². The second kappa shape index (κ2) is 5.07. The fourth-order valence-electron chi connectivity index (χ4n) is 1.86. The zero-order valence-electron chi connectivity index (χ0n) is 10.8. The van der Waals surface area contributed by atoms with E-state index in [1.165, 1.54) is 6.07 Å². The van der Waals surface area contributed by atoms with Crippen LogP contribution in [0.15, 0.2) is 24.5 Å². The normalized spacial score (nSPS) is 10.5. The summed E-state index contributed by atoms with van der Waals surface area (Å²) in [6, 6.07) is 4.84. The summed E-state index contributed by atoms with van der Waals surface area (Å²) in [7, 11) is 0. The third-order valence-corrected chi connectivity index (χ3v) is 3.11. The number of hydrogen-bond acceptors (Lipinski definition) is 5. The summed E-state index contributed by atoms with van der Waals surface area (Å²) in [4.78, 5) is 14.6. The van der Waals surface area contributed by atoms with Gasteiger partial charge in [-0.2, -0.15) is 0 Å². The fraction of sp³-hybridized carbons (Fsp3) is 0.250. The monoisotopic (exact) mass is 261 g/mol. The number of aryl methyl sites for hydroxylation is 1. The molecule has 0 saturated heterocycles. The van der Waals surface area contributed by atoms with Gasteiger partial charge in [-0.1, -0.05) is 6.07 Å². The molecule has 0 aliphatic heterocycles. The Labute approximate surface area is 110 Å². The largest absolute Gasteiger partial charge is 0.330 e. The van der Waals surface area contributed by atoms with Gasteiger partial charge in [0.15, 0.2) is 0 Å². The maximum atomic E-state index is 10.8. The Morgan fingerprint density at radius 1 is 1.47 bits per heavy atom. The molecule has 1 aromatic carbocycles. The molecule has 2 aromatic rings. The lowest BCUT2D eigenvalue weighted by molar-refractivity contribution is -0.384. The van der Waals surface area contributed by atoms with Crippen LogP contribution in [-0.4, -0.2) is 14.5 Å². The van der Waals surface area contributed by atoms with Crippen LogP contribution in [0.3, 0.4) is 0 Å². The Kier molecular flexibility index (Phi) is 3.48. The zero-order valence-corrected chi connectivity index (χ0v) is 10.8. The second-order valence-corrected chi connectivity index (χ2v) is 4.30. The van der Waals surface area contributed by atoms with Crippen molar-refractivity contribution in [1.82, 2.24) is 9.55 Å². The summed E-state index contributed by atoms with van der Waals surface area (Å²) in [5, 5.41) is 10.8. The molecule has 7 nitrogen and oxygen atoms in total. The predicted octanol–water partition coefficient (Wildman–Crippen LogP) is 1.74. The topological polar surface area (TPSA) is 99.0 Å². The van der Waals surface area contributed by atoms with Crippen LogP contribution < -0.4 is 11.3 Å². The Morgan fingerprint density at radius 3 is 2.74 bits per heavy atom. The van der Waals surface area contributed by atoms with Crippen molar-refractivity contribution in [3.05, 3.63) is 51.6 Å². The van der Waals surface area contributed by atoms with E-state index >= 15 is 0 Å². The van der Waals surface area contributed by atoms with E-state index < -0.39 is 4.92 Å². The minimum atomic E-state index is -0.467. The number of nitro benzene ring substituents is 1. The van der Waals surface area contributed by atoms with Gasteiger partial charge in [-0.3, -0.25) is 16.0 Å². The quantitative estimate of drug-likeness (QED) is 0.496. The Morgan fingerprint density at radius 2 is 2.21 bits per heavy atom. The summed E-state index contributed by atoms with van der Waals surface area (Å²) in [5.41, 5.74) is 5.58. The van der Waals surface area contributed by atoms with E-state index in [2.05, 4.69) is 10.4 Å². The molecule has 0 atom stereocenters. The first-order valence-corrected chi connectivity index (χ1v) is 5.75. The second-order valence-electron chi connectivity index (χ2n) is 4.30. The average molecular weight is 261 g/mol. The van der Waals surface area contributed by atoms with E-state index in [0.29, 0.717) is 12.2 Å². The van der Waals surface area contributed by atoms with Crippen molar-refractivity contribution in [2.75, 3.05) is 5.43 Å². The number of nitrogens with one attached hydrogen (secondary N) is 1. The molecule has 0 fully saturated rings. The van der Waals surface area contributed by atoms with E-state index in [1.54, 1.807) is 18.5 Å². The minimum absolute atomic E-state index is 0.0372. The Bertz CT molecular complexity index is 621. The molecule has 0 aliphatic carbocycles. The van der Waals surface area contributed by atoms with Gasteiger partial charge in [0.25, 0.3) is 5.69 Å². The van der Waals surface area contributed by atoms with Gasteiger partial charge in [0.2, 0.25) is 0 Å². The molecule has 19 heavy (non-hydrogen) atoms. The van der Waals surface area contributed by atoms with Gasteiger partial charge >= 0.3 is 0 Å². The molecule has 0 radical (unpaired) electrons. The maximum Gasteiger partial charge on any atom is 0.293 e. The molecule has 0 bridgehead atoms. The summed E-state index contributed by atoms with van der Waals surface area (Å²) >= 11 is 0. The van der Waals surface area contributed by atoms with Crippen LogP contribution >= 0.6 is 0 Å². The van der Waals surface area contributed by atoms with Crippen molar-refractivity contribution in [2.24, 2.45) is 5.84 Å². The lowest BCUT2D eigenvalue weighted by Crippen LogP contribution is -2.10. The highest BCUT2D eigenvalue weighted by Gasteiger charge is 2.13. The van der Waals surface area contributed by atoms with Crippen LogP contribution in [0.1, 0.15) is 17.0 Å². The Hall–Kier alpha value is -2.41. The number of nitrogens with two attached hydrogens (primary N) is 1. The maximum absolute atomic E-state index is 10.8. The molecule has 1 heterocycles. The summed E-state index contributed by atoms with van der Waals surface area (Å²) < 4.78 is 1.98. The number of imidazole rings is 1.